The summed E-state index contributed by atoms with van der Waals surface area (Å²) in [6, 6.07) is 14.3. The Morgan fingerprint density at radius 2 is 1.83 bits per heavy atom. The van der Waals surface area contributed by atoms with Gasteiger partial charge in [0.1, 0.15) is 5.82 Å². The summed E-state index contributed by atoms with van der Waals surface area (Å²) in [4.78, 5) is 7.08. The topological polar surface area (TPSA) is 67.0 Å². The Kier molecular flexibility index (Phi) is 5.61. The monoisotopic (exact) mass is 404 g/mol. The Morgan fingerprint density at radius 1 is 1.03 bits per heavy atom. The number of nitrogens with zero attached hydrogens (tertiary/aromatic N) is 5. The first-order valence-electron chi connectivity index (χ1n) is 10.9. The molecule has 0 spiro atoms. The standard InChI is InChI=1S/C23H28N6O/c1-3-7-18(8-4-1)17-24-26-21-16-23(28-11-13-30-14-12-28)29-22(25-21)15-20(27-29)19-9-5-2-6-10-19/h2,5-6,9-10,15-18H,1,3-4,7-8,11-14H2,(H,25,26). The van der Waals surface area contributed by atoms with E-state index in [1.165, 1.54) is 32.1 Å². The van der Waals surface area contributed by atoms with Gasteiger partial charge in [0, 0.05) is 37.0 Å². The summed E-state index contributed by atoms with van der Waals surface area (Å²) in [7, 11) is 0. The van der Waals surface area contributed by atoms with E-state index in [2.05, 4.69) is 33.8 Å². The van der Waals surface area contributed by atoms with Crippen LogP contribution in [0.1, 0.15) is 32.1 Å². The van der Waals surface area contributed by atoms with Gasteiger partial charge in [0.25, 0.3) is 0 Å². The Balaban J connectivity index is 1.47. The highest BCUT2D eigenvalue weighted by Gasteiger charge is 2.18. The SMILES string of the molecule is C(=NNc1cc(N2CCOCC2)n2nc(-c3ccccc3)cc2n1)C1CCCCC1. The molecular formula is C23H28N6O. The van der Waals surface area contributed by atoms with E-state index in [-0.39, 0.29) is 0 Å². The van der Waals surface area contributed by atoms with Crippen molar-refractivity contribution in [1.82, 2.24) is 14.6 Å². The van der Waals surface area contributed by atoms with E-state index in [0.717, 1.165) is 54.8 Å². The van der Waals surface area contributed by atoms with Gasteiger partial charge in [0.15, 0.2) is 11.5 Å². The van der Waals surface area contributed by atoms with E-state index >= 15 is 0 Å². The highest BCUT2D eigenvalue weighted by Crippen LogP contribution is 2.26. The molecule has 0 radical (unpaired) electrons. The summed E-state index contributed by atoms with van der Waals surface area (Å²) in [6.07, 6.45) is 8.49. The fourth-order valence-corrected chi connectivity index (χ4v) is 4.28. The fourth-order valence-electron chi connectivity index (χ4n) is 4.28. The molecule has 2 aliphatic rings. The van der Waals surface area contributed by atoms with Gasteiger partial charge >= 0.3 is 0 Å². The Bertz CT molecular complexity index is 1000. The minimum absolute atomic E-state index is 0.577. The van der Waals surface area contributed by atoms with E-state index in [0.29, 0.717) is 5.92 Å². The average molecular weight is 405 g/mol. The zero-order valence-corrected chi connectivity index (χ0v) is 17.2. The van der Waals surface area contributed by atoms with Crippen molar-refractivity contribution in [3.05, 3.63) is 42.5 Å². The maximum atomic E-state index is 5.54. The maximum Gasteiger partial charge on any atom is 0.160 e. The fraction of sp³-hybridized carbons (Fsp3) is 0.435. The van der Waals surface area contributed by atoms with Crippen LogP contribution in [0, 0.1) is 5.92 Å². The van der Waals surface area contributed by atoms with Crippen LogP contribution in [0.15, 0.2) is 47.6 Å². The van der Waals surface area contributed by atoms with Gasteiger partial charge < -0.3 is 9.64 Å². The minimum atomic E-state index is 0.577. The second kappa shape index (κ2) is 8.83. The van der Waals surface area contributed by atoms with E-state index in [4.69, 9.17) is 14.8 Å². The molecule has 1 aliphatic heterocycles. The van der Waals surface area contributed by atoms with Crippen molar-refractivity contribution in [2.45, 2.75) is 32.1 Å². The number of aromatic nitrogens is 3. The van der Waals surface area contributed by atoms with Crippen molar-refractivity contribution >= 4 is 23.5 Å². The molecule has 3 heterocycles. The highest BCUT2D eigenvalue weighted by atomic mass is 16.5. The molecule has 3 aromatic rings. The van der Waals surface area contributed by atoms with E-state index < -0.39 is 0 Å². The Morgan fingerprint density at radius 3 is 2.63 bits per heavy atom. The van der Waals surface area contributed by atoms with Crippen molar-refractivity contribution in [2.24, 2.45) is 11.0 Å². The number of hydrazone groups is 1. The first kappa shape index (κ1) is 19.1. The van der Waals surface area contributed by atoms with Crippen LogP contribution < -0.4 is 10.3 Å². The maximum absolute atomic E-state index is 5.54. The minimum Gasteiger partial charge on any atom is -0.378 e. The van der Waals surface area contributed by atoms with Gasteiger partial charge in [-0.05, 0) is 18.8 Å². The van der Waals surface area contributed by atoms with Crippen LogP contribution in [0.2, 0.25) is 0 Å². The number of hydrogen-bond acceptors (Lipinski definition) is 6. The lowest BCUT2D eigenvalue weighted by Gasteiger charge is -2.29. The molecule has 0 amide bonds. The molecule has 5 rings (SSSR count). The van der Waals surface area contributed by atoms with Gasteiger partial charge in [-0.25, -0.2) is 4.98 Å². The summed E-state index contributed by atoms with van der Waals surface area (Å²) in [5, 5.41) is 9.37. The molecule has 2 aromatic heterocycles. The molecule has 1 N–H and O–H groups in total. The van der Waals surface area contributed by atoms with Gasteiger partial charge in [0.05, 0.1) is 18.9 Å². The van der Waals surface area contributed by atoms with Crippen molar-refractivity contribution in [3.63, 3.8) is 0 Å². The number of nitrogens with one attached hydrogen (secondary N) is 1. The summed E-state index contributed by atoms with van der Waals surface area (Å²) >= 11 is 0. The normalized spacial score (nSPS) is 18.3. The van der Waals surface area contributed by atoms with Crippen molar-refractivity contribution < 1.29 is 4.74 Å². The number of rotatable bonds is 5. The quantitative estimate of drug-likeness (QED) is 0.510. The third kappa shape index (κ3) is 4.16. The molecule has 0 unspecified atom stereocenters. The number of benzene rings is 1. The largest absolute Gasteiger partial charge is 0.378 e. The lowest BCUT2D eigenvalue weighted by molar-refractivity contribution is 0.122. The second-order valence-corrected chi connectivity index (χ2v) is 8.05. The zero-order valence-electron chi connectivity index (χ0n) is 17.2. The first-order valence-corrected chi connectivity index (χ1v) is 10.9. The van der Waals surface area contributed by atoms with Crippen LogP contribution in [0.3, 0.4) is 0 Å². The van der Waals surface area contributed by atoms with Crippen LogP contribution in [-0.4, -0.2) is 47.1 Å². The van der Waals surface area contributed by atoms with Crippen molar-refractivity contribution in [1.29, 1.82) is 0 Å². The molecule has 0 bridgehead atoms. The lowest BCUT2D eigenvalue weighted by atomic mass is 9.90. The highest BCUT2D eigenvalue weighted by molar-refractivity contribution is 5.68. The van der Waals surface area contributed by atoms with Crippen molar-refractivity contribution in [2.75, 3.05) is 36.6 Å². The summed E-state index contributed by atoms with van der Waals surface area (Å²) < 4.78 is 7.48. The summed E-state index contributed by atoms with van der Waals surface area (Å²) in [5.41, 5.74) is 5.99. The van der Waals surface area contributed by atoms with Crippen LogP contribution in [0.5, 0.6) is 0 Å². The average Bonchev–Trinajstić information content (AvgIpc) is 3.25. The van der Waals surface area contributed by atoms with Crippen LogP contribution in [-0.2, 0) is 4.74 Å². The molecular weight excluding hydrogens is 376 g/mol. The number of morpholine rings is 1. The van der Waals surface area contributed by atoms with Crippen LogP contribution >= 0.6 is 0 Å². The third-order valence-corrected chi connectivity index (χ3v) is 5.93. The zero-order chi connectivity index (χ0) is 20.2. The number of hydrogen-bond donors (Lipinski definition) is 1. The second-order valence-electron chi connectivity index (χ2n) is 8.05. The predicted molar refractivity (Wildman–Crippen MR) is 120 cm³/mol. The van der Waals surface area contributed by atoms with Crippen LogP contribution in [0.25, 0.3) is 16.9 Å². The predicted octanol–water partition coefficient (Wildman–Crippen LogP) is 4.21. The summed E-state index contributed by atoms with van der Waals surface area (Å²) in [5.74, 6) is 2.34. The summed E-state index contributed by atoms with van der Waals surface area (Å²) in [6.45, 7) is 3.12. The van der Waals surface area contributed by atoms with Gasteiger partial charge in [-0.15, -0.1) is 0 Å². The molecule has 2 fully saturated rings. The molecule has 1 aromatic carbocycles. The molecule has 7 heteroatoms. The molecule has 1 saturated carbocycles. The molecule has 1 aliphatic carbocycles. The molecule has 1 saturated heterocycles. The molecule has 30 heavy (non-hydrogen) atoms. The van der Waals surface area contributed by atoms with E-state index in [1.807, 2.05) is 34.8 Å². The van der Waals surface area contributed by atoms with Gasteiger partial charge in [-0.2, -0.15) is 14.7 Å². The van der Waals surface area contributed by atoms with Gasteiger partial charge in [-0.3, -0.25) is 5.43 Å². The van der Waals surface area contributed by atoms with Gasteiger partial charge in [0.2, 0.25) is 0 Å². The van der Waals surface area contributed by atoms with Crippen molar-refractivity contribution in [3.8, 4) is 11.3 Å². The number of fused-ring (bicyclic) bond motifs is 1. The number of ether oxygens (including phenoxy) is 1. The Labute approximate surface area is 176 Å². The first-order chi connectivity index (χ1) is 14.9. The van der Waals surface area contributed by atoms with E-state index in [9.17, 15) is 0 Å². The Hall–Kier alpha value is -2.93. The third-order valence-electron chi connectivity index (χ3n) is 5.93. The lowest BCUT2D eigenvalue weighted by Crippen LogP contribution is -2.37. The number of anilines is 2. The van der Waals surface area contributed by atoms with Crippen LogP contribution in [0.4, 0.5) is 11.6 Å². The van der Waals surface area contributed by atoms with Gasteiger partial charge in [-0.1, -0.05) is 49.6 Å². The molecule has 156 valence electrons. The molecule has 0 atom stereocenters. The molecule has 7 nitrogen and oxygen atoms in total. The van der Waals surface area contributed by atoms with E-state index in [1.54, 1.807) is 0 Å². The smallest absolute Gasteiger partial charge is 0.160 e.